The van der Waals surface area contributed by atoms with Gasteiger partial charge in [-0.3, -0.25) is 4.90 Å². The van der Waals surface area contributed by atoms with Crippen LogP contribution >= 0.6 is 11.3 Å². The molecule has 0 unspecified atom stereocenters. The van der Waals surface area contributed by atoms with Crippen LogP contribution in [0.25, 0.3) is 22.9 Å². The molecule has 46 heavy (non-hydrogen) atoms. The first kappa shape index (κ1) is 29.5. The van der Waals surface area contributed by atoms with E-state index >= 15 is 0 Å². The molecule has 1 spiro atoms. The van der Waals surface area contributed by atoms with E-state index in [1.807, 2.05) is 16.9 Å². The Kier molecular flexibility index (Phi) is 7.54. The highest BCUT2D eigenvalue weighted by Crippen LogP contribution is 2.55. The fraction of sp³-hybridized carbons (Fsp3) is 0.576. The van der Waals surface area contributed by atoms with Crippen LogP contribution in [0.1, 0.15) is 91.7 Å². The molecular formula is C33H39N9O3S. The Bertz CT molecular complexity index is 1800. The van der Waals surface area contributed by atoms with Crippen molar-refractivity contribution in [2.75, 3.05) is 32.5 Å². The summed E-state index contributed by atoms with van der Waals surface area (Å²) in [4.78, 5) is 13.5. The van der Waals surface area contributed by atoms with E-state index in [2.05, 4.69) is 40.4 Å². The van der Waals surface area contributed by atoms with E-state index in [1.165, 1.54) is 4.88 Å². The molecule has 13 heteroatoms. The molecule has 2 N–H and O–H groups in total. The first-order valence-electron chi connectivity index (χ1n) is 16.5. The van der Waals surface area contributed by atoms with E-state index in [1.54, 1.807) is 11.3 Å². The molecular weight excluding hydrogens is 602 g/mol. The van der Waals surface area contributed by atoms with Gasteiger partial charge in [0, 0.05) is 35.8 Å². The third kappa shape index (κ3) is 4.89. The van der Waals surface area contributed by atoms with Gasteiger partial charge in [-0.2, -0.15) is 10.2 Å². The maximum Gasteiger partial charge on any atom is 0.217 e. The van der Waals surface area contributed by atoms with Gasteiger partial charge >= 0.3 is 0 Å². The van der Waals surface area contributed by atoms with E-state index in [0.717, 1.165) is 101 Å². The molecule has 4 aromatic rings. The Balaban J connectivity index is 1.21. The number of ether oxygens (including phenoxy) is 2. The molecule has 4 aromatic heterocycles. The highest BCUT2D eigenvalue weighted by atomic mass is 32.1. The standard InChI is InChI=1S/C33H39N9O3S/c1-19(25-7-5-13-41(25)2)44-27-16-23(24-18-42(40-38-24)20-9-14-43-15-10-20)36-32(37-27)29-21-6-3-11-33(30(21)45-39-29)12-4-8-26-28(33)22(17-34)31(35)46-26/h16,18-20,25H,3-15,35H2,1-2H3/t19-,25-,33-/m0/s1. The van der Waals surface area contributed by atoms with E-state index < -0.39 is 5.41 Å². The van der Waals surface area contributed by atoms with Crippen molar-refractivity contribution in [3.8, 4) is 34.9 Å². The lowest BCUT2D eigenvalue weighted by atomic mass is 9.63. The minimum Gasteiger partial charge on any atom is -0.473 e. The van der Waals surface area contributed by atoms with Gasteiger partial charge in [0.25, 0.3) is 0 Å². The highest BCUT2D eigenvalue weighted by molar-refractivity contribution is 7.16. The molecule has 4 aliphatic rings. The number of aryl methyl sites for hydroxylation is 1. The molecule has 0 amide bonds. The largest absolute Gasteiger partial charge is 0.473 e. The number of hydrogen-bond acceptors (Lipinski definition) is 12. The molecule has 8 rings (SSSR count). The van der Waals surface area contributed by atoms with Gasteiger partial charge in [0.1, 0.15) is 28.6 Å². The number of aromatic nitrogens is 6. The van der Waals surface area contributed by atoms with Gasteiger partial charge in [0.15, 0.2) is 17.3 Å². The molecule has 2 aliphatic heterocycles. The van der Waals surface area contributed by atoms with E-state index in [-0.39, 0.29) is 12.1 Å². The number of thiophene rings is 1. The first-order valence-corrected chi connectivity index (χ1v) is 17.3. The Hall–Kier alpha value is -3.86. The highest BCUT2D eigenvalue weighted by Gasteiger charge is 2.49. The molecule has 3 atom stereocenters. The Morgan fingerprint density at radius 2 is 1.96 bits per heavy atom. The summed E-state index contributed by atoms with van der Waals surface area (Å²) in [5, 5.41) is 24.3. The molecule has 12 nitrogen and oxygen atoms in total. The van der Waals surface area contributed by atoms with Gasteiger partial charge in [-0.25, -0.2) is 9.67 Å². The van der Waals surface area contributed by atoms with Gasteiger partial charge in [-0.05, 0) is 90.3 Å². The van der Waals surface area contributed by atoms with Gasteiger partial charge in [-0.15, -0.1) is 16.4 Å². The second-order valence-electron chi connectivity index (χ2n) is 13.2. The van der Waals surface area contributed by atoms with Gasteiger partial charge in [-0.1, -0.05) is 10.4 Å². The van der Waals surface area contributed by atoms with Crippen LogP contribution in [0.3, 0.4) is 0 Å². The number of nitrogens with two attached hydrogens (primary N) is 1. The maximum absolute atomic E-state index is 10.1. The number of nitrogen functional groups attached to an aromatic ring is 1. The average Bonchev–Trinajstić information content (AvgIpc) is 3.87. The zero-order valence-electron chi connectivity index (χ0n) is 26.4. The summed E-state index contributed by atoms with van der Waals surface area (Å²) in [5.74, 6) is 1.75. The Morgan fingerprint density at radius 1 is 1.13 bits per heavy atom. The number of likely N-dealkylation sites (tertiary alicyclic amines) is 1. The van der Waals surface area contributed by atoms with Crippen molar-refractivity contribution in [1.82, 2.24) is 35.0 Å². The number of nitriles is 1. The molecule has 2 aliphatic carbocycles. The number of rotatable bonds is 6. The van der Waals surface area contributed by atoms with Crippen LogP contribution in [0.5, 0.6) is 5.88 Å². The van der Waals surface area contributed by atoms with Gasteiger partial charge in [0.2, 0.25) is 5.88 Å². The monoisotopic (exact) mass is 641 g/mol. The molecule has 240 valence electrons. The molecule has 6 heterocycles. The van der Waals surface area contributed by atoms with Crippen molar-refractivity contribution in [3.63, 3.8) is 0 Å². The van der Waals surface area contributed by atoms with Crippen molar-refractivity contribution in [3.05, 3.63) is 39.6 Å². The average molecular weight is 642 g/mol. The summed E-state index contributed by atoms with van der Waals surface area (Å²) in [6, 6.07) is 4.82. The normalized spacial score (nSPS) is 24.1. The van der Waals surface area contributed by atoms with Crippen LogP contribution < -0.4 is 10.5 Å². The lowest BCUT2D eigenvalue weighted by molar-refractivity contribution is 0.0657. The van der Waals surface area contributed by atoms with Crippen molar-refractivity contribution < 1.29 is 14.0 Å². The predicted molar refractivity (Wildman–Crippen MR) is 171 cm³/mol. The van der Waals surface area contributed by atoms with E-state index in [9.17, 15) is 5.26 Å². The number of fused-ring (bicyclic) bond motifs is 4. The van der Waals surface area contributed by atoms with E-state index in [4.69, 9.17) is 29.7 Å². The molecule has 2 saturated heterocycles. The van der Waals surface area contributed by atoms with Gasteiger partial charge in [0.05, 0.1) is 23.2 Å². The maximum atomic E-state index is 10.1. The quantitative estimate of drug-likeness (QED) is 0.300. The second kappa shape index (κ2) is 11.7. The van der Waals surface area contributed by atoms with Crippen LogP contribution in [0, 0.1) is 11.3 Å². The third-order valence-corrected chi connectivity index (χ3v) is 11.6. The number of likely N-dealkylation sites (N-methyl/N-ethyl adjacent to an activating group) is 1. The van der Waals surface area contributed by atoms with Crippen molar-refractivity contribution >= 4 is 16.3 Å². The Labute approximate surface area is 271 Å². The van der Waals surface area contributed by atoms with Crippen LogP contribution in [-0.4, -0.2) is 74.0 Å². The smallest absolute Gasteiger partial charge is 0.217 e. The second-order valence-corrected chi connectivity index (χ2v) is 14.4. The van der Waals surface area contributed by atoms with Crippen molar-refractivity contribution in [2.45, 2.75) is 94.7 Å². The van der Waals surface area contributed by atoms with Gasteiger partial charge < -0.3 is 19.7 Å². The lowest BCUT2D eigenvalue weighted by Crippen LogP contribution is -2.38. The topological polar surface area (TPSA) is 154 Å². The predicted octanol–water partition coefficient (Wildman–Crippen LogP) is 5.08. The van der Waals surface area contributed by atoms with Crippen LogP contribution in [0.2, 0.25) is 0 Å². The van der Waals surface area contributed by atoms with Crippen molar-refractivity contribution in [1.29, 1.82) is 5.26 Å². The fourth-order valence-corrected chi connectivity index (χ4v) is 9.42. The fourth-order valence-electron chi connectivity index (χ4n) is 8.26. The molecule has 0 aromatic carbocycles. The van der Waals surface area contributed by atoms with Crippen molar-refractivity contribution in [2.24, 2.45) is 0 Å². The molecule has 0 saturated carbocycles. The molecule has 0 radical (unpaired) electrons. The number of nitrogens with zero attached hydrogens (tertiary/aromatic N) is 8. The minimum atomic E-state index is -0.420. The summed E-state index contributed by atoms with van der Waals surface area (Å²) < 4.78 is 20.3. The zero-order chi connectivity index (χ0) is 31.4. The van der Waals surface area contributed by atoms with Crippen LogP contribution in [0.4, 0.5) is 5.00 Å². The Morgan fingerprint density at radius 3 is 2.74 bits per heavy atom. The molecule has 2 fully saturated rings. The summed E-state index contributed by atoms with van der Waals surface area (Å²) in [6.07, 6.45) is 11.4. The summed E-state index contributed by atoms with van der Waals surface area (Å²) >= 11 is 1.54. The summed E-state index contributed by atoms with van der Waals surface area (Å²) in [7, 11) is 2.15. The zero-order valence-corrected chi connectivity index (χ0v) is 27.2. The minimum absolute atomic E-state index is 0.0652. The van der Waals surface area contributed by atoms with Crippen LogP contribution in [-0.2, 0) is 23.0 Å². The molecule has 0 bridgehead atoms. The van der Waals surface area contributed by atoms with E-state index in [0.29, 0.717) is 45.4 Å². The summed E-state index contributed by atoms with van der Waals surface area (Å²) in [6.45, 7) is 4.61. The first-order chi connectivity index (χ1) is 22.4. The summed E-state index contributed by atoms with van der Waals surface area (Å²) in [5.41, 5.74) is 10.5. The lowest BCUT2D eigenvalue weighted by Gasteiger charge is -2.39. The third-order valence-electron chi connectivity index (χ3n) is 10.5. The number of anilines is 1. The SMILES string of the molecule is C[C@H](Oc1cc(-c2cn(C3CCOCC3)nn2)nc(-c2noc3c2CCC[C@@]32CCCc3sc(N)c(C#N)c32)n1)[C@@H]1CCCN1C. The number of hydrogen-bond donors (Lipinski definition) is 1. The van der Waals surface area contributed by atoms with Crippen LogP contribution in [0.15, 0.2) is 16.8 Å².